The van der Waals surface area contributed by atoms with Crippen molar-refractivity contribution in [2.24, 2.45) is 0 Å². The van der Waals surface area contributed by atoms with Gasteiger partial charge in [-0.05, 0) is 25.1 Å². The number of benzene rings is 2. The topological polar surface area (TPSA) is 54.9 Å². The highest BCUT2D eigenvalue weighted by Crippen LogP contribution is 2.31. The Labute approximate surface area is 170 Å². The van der Waals surface area contributed by atoms with Crippen LogP contribution in [0.1, 0.15) is 28.5 Å². The van der Waals surface area contributed by atoms with Crippen LogP contribution in [0.3, 0.4) is 0 Å². The zero-order valence-corrected chi connectivity index (χ0v) is 16.6. The van der Waals surface area contributed by atoms with E-state index >= 15 is 0 Å². The van der Waals surface area contributed by atoms with Crippen molar-refractivity contribution >= 4 is 33.3 Å². The number of thiazole rings is 1. The zero-order chi connectivity index (χ0) is 20.6. The average molecular weight is 409 g/mol. The molecule has 0 aliphatic heterocycles. The number of carbonyl (C=O) groups excluding carboxylic acids is 1. The molecule has 7 heteroatoms. The van der Waals surface area contributed by atoms with E-state index in [1.54, 1.807) is 30.3 Å². The second kappa shape index (κ2) is 7.33. The summed E-state index contributed by atoms with van der Waals surface area (Å²) >= 11 is 1.35. The number of halogens is 2. The first-order valence-electron chi connectivity index (χ1n) is 8.93. The molecule has 0 radical (unpaired) electrons. The van der Waals surface area contributed by atoms with Crippen LogP contribution in [-0.4, -0.2) is 15.9 Å². The normalized spacial score (nSPS) is 11.6. The van der Waals surface area contributed by atoms with E-state index in [9.17, 15) is 13.6 Å². The lowest BCUT2D eigenvalue weighted by molar-refractivity contribution is 0.0175. The maximum atomic E-state index is 13.7. The van der Waals surface area contributed by atoms with Crippen LogP contribution >= 0.6 is 11.3 Å². The summed E-state index contributed by atoms with van der Waals surface area (Å²) in [7, 11) is 0. The molecule has 146 valence electrons. The number of fused-ring (bicyclic) bond motifs is 1. The van der Waals surface area contributed by atoms with Crippen LogP contribution in [0.25, 0.3) is 22.2 Å². The fourth-order valence-corrected chi connectivity index (χ4v) is 3.70. The first-order valence-corrected chi connectivity index (χ1v) is 9.81. The Bertz CT molecular complexity index is 1210. The molecule has 0 aliphatic rings. The summed E-state index contributed by atoms with van der Waals surface area (Å²) in [6.45, 7) is 2.72. The Morgan fingerprint density at radius 3 is 2.59 bits per heavy atom. The number of aryl methyl sites for hydroxylation is 1. The molecule has 0 aliphatic carbocycles. The molecule has 2 aromatic heterocycles. The molecule has 1 N–H and O–H groups in total. The van der Waals surface area contributed by atoms with Crippen LogP contribution in [0.15, 0.2) is 60.0 Å². The van der Waals surface area contributed by atoms with Crippen molar-refractivity contribution in [1.29, 1.82) is 0 Å². The SMILES string of the molecule is Cc1csc(NC(=O)c2cccc3ccc(-c4cccc(C(C)(F)F)c4)nc23)n1. The molecule has 4 rings (SSSR count). The number of aromatic nitrogens is 2. The fourth-order valence-electron chi connectivity index (χ4n) is 3.02. The van der Waals surface area contributed by atoms with Crippen molar-refractivity contribution in [2.75, 3.05) is 5.32 Å². The molecular weight excluding hydrogens is 392 g/mol. The largest absolute Gasteiger partial charge is 0.298 e. The van der Waals surface area contributed by atoms with Gasteiger partial charge in [-0.3, -0.25) is 10.1 Å². The van der Waals surface area contributed by atoms with Gasteiger partial charge < -0.3 is 0 Å². The number of amides is 1. The van der Waals surface area contributed by atoms with E-state index in [-0.39, 0.29) is 11.5 Å². The Hall–Kier alpha value is -3.19. The van der Waals surface area contributed by atoms with Gasteiger partial charge >= 0.3 is 0 Å². The van der Waals surface area contributed by atoms with E-state index in [4.69, 9.17) is 0 Å². The second-order valence-electron chi connectivity index (χ2n) is 6.79. The molecule has 0 spiro atoms. The van der Waals surface area contributed by atoms with Crippen molar-refractivity contribution in [2.45, 2.75) is 19.8 Å². The van der Waals surface area contributed by atoms with Crippen molar-refractivity contribution in [3.8, 4) is 11.3 Å². The third kappa shape index (κ3) is 4.00. The number of alkyl halides is 2. The summed E-state index contributed by atoms with van der Waals surface area (Å²) in [6.07, 6.45) is 0. The number of hydrogen-bond donors (Lipinski definition) is 1. The molecule has 0 bridgehead atoms. The minimum atomic E-state index is -2.94. The van der Waals surface area contributed by atoms with Crippen molar-refractivity contribution in [3.05, 3.63) is 76.8 Å². The first kappa shape index (κ1) is 19.1. The molecule has 0 unspecified atom stereocenters. The standard InChI is InChI=1S/C22H17F2N3OS/c1-13-12-29-21(25-13)27-20(28)17-8-4-5-14-9-10-18(26-19(14)17)15-6-3-7-16(11-15)22(2,23)24/h3-12H,1-2H3,(H,25,27,28). The van der Waals surface area contributed by atoms with Gasteiger partial charge in [0.2, 0.25) is 0 Å². The monoisotopic (exact) mass is 409 g/mol. The molecule has 2 heterocycles. The van der Waals surface area contributed by atoms with E-state index in [0.29, 0.717) is 27.5 Å². The summed E-state index contributed by atoms with van der Waals surface area (Å²) in [5.41, 5.74) is 2.74. The predicted molar refractivity (Wildman–Crippen MR) is 112 cm³/mol. The van der Waals surface area contributed by atoms with Gasteiger partial charge in [0.15, 0.2) is 5.13 Å². The maximum absolute atomic E-state index is 13.7. The quantitative estimate of drug-likeness (QED) is 0.448. The second-order valence-corrected chi connectivity index (χ2v) is 7.65. The lowest BCUT2D eigenvalue weighted by Crippen LogP contribution is -2.12. The fraction of sp³-hybridized carbons (Fsp3) is 0.136. The Morgan fingerprint density at radius 2 is 1.86 bits per heavy atom. The van der Waals surface area contributed by atoms with Gasteiger partial charge in [-0.2, -0.15) is 0 Å². The lowest BCUT2D eigenvalue weighted by atomic mass is 10.0. The molecule has 0 fully saturated rings. The number of anilines is 1. The van der Waals surface area contributed by atoms with Crippen molar-refractivity contribution in [3.63, 3.8) is 0 Å². The number of nitrogens with one attached hydrogen (secondary N) is 1. The lowest BCUT2D eigenvalue weighted by Gasteiger charge is -2.12. The van der Waals surface area contributed by atoms with Gasteiger partial charge in [0.05, 0.1) is 22.5 Å². The summed E-state index contributed by atoms with van der Waals surface area (Å²) in [5, 5.41) is 5.94. The number of pyridine rings is 1. The van der Waals surface area contributed by atoms with Crippen LogP contribution in [-0.2, 0) is 5.92 Å². The number of para-hydroxylation sites is 1. The zero-order valence-electron chi connectivity index (χ0n) is 15.7. The average Bonchev–Trinajstić information content (AvgIpc) is 3.11. The van der Waals surface area contributed by atoms with Crippen LogP contribution < -0.4 is 5.32 Å². The number of rotatable bonds is 4. The minimum absolute atomic E-state index is 0.0814. The Morgan fingerprint density at radius 1 is 1.07 bits per heavy atom. The highest BCUT2D eigenvalue weighted by Gasteiger charge is 2.24. The summed E-state index contributed by atoms with van der Waals surface area (Å²) < 4.78 is 27.4. The van der Waals surface area contributed by atoms with Crippen molar-refractivity contribution in [1.82, 2.24) is 9.97 Å². The number of carbonyl (C=O) groups is 1. The predicted octanol–water partition coefficient (Wildman–Crippen LogP) is 6.03. The maximum Gasteiger partial charge on any atom is 0.270 e. The highest BCUT2D eigenvalue weighted by atomic mass is 32.1. The van der Waals surface area contributed by atoms with Gasteiger partial charge in [-0.1, -0.05) is 36.4 Å². The molecular formula is C22H17F2N3OS. The van der Waals surface area contributed by atoms with E-state index < -0.39 is 5.92 Å². The van der Waals surface area contributed by atoms with E-state index in [2.05, 4.69) is 15.3 Å². The molecule has 2 aromatic carbocycles. The minimum Gasteiger partial charge on any atom is -0.298 e. The Kier molecular flexibility index (Phi) is 4.84. The molecule has 4 aromatic rings. The summed E-state index contributed by atoms with van der Waals surface area (Å²) in [5.74, 6) is -3.26. The Balaban J connectivity index is 1.76. The molecule has 0 saturated carbocycles. The van der Waals surface area contributed by atoms with Crippen molar-refractivity contribution < 1.29 is 13.6 Å². The molecule has 4 nitrogen and oxygen atoms in total. The van der Waals surface area contributed by atoms with Crippen LogP contribution in [0.5, 0.6) is 0 Å². The number of nitrogens with zero attached hydrogens (tertiary/aromatic N) is 2. The third-order valence-corrected chi connectivity index (χ3v) is 5.35. The van der Waals surface area contributed by atoms with Gasteiger partial charge in [-0.25, -0.2) is 18.7 Å². The van der Waals surface area contributed by atoms with E-state index in [0.717, 1.165) is 18.0 Å². The summed E-state index contributed by atoms with van der Waals surface area (Å²) in [6, 6.07) is 15.0. The summed E-state index contributed by atoms with van der Waals surface area (Å²) in [4.78, 5) is 21.7. The third-order valence-electron chi connectivity index (χ3n) is 4.47. The molecule has 0 atom stereocenters. The van der Waals surface area contributed by atoms with E-state index in [1.807, 2.05) is 24.4 Å². The number of hydrogen-bond acceptors (Lipinski definition) is 4. The van der Waals surface area contributed by atoms with Crippen LogP contribution in [0.2, 0.25) is 0 Å². The smallest absolute Gasteiger partial charge is 0.270 e. The van der Waals surface area contributed by atoms with Gasteiger partial charge in [0.25, 0.3) is 11.8 Å². The molecule has 0 saturated heterocycles. The van der Waals surface area contributed by atoms with Gasteiger partial charge in [0.1, 0.15) is 0 Å². The van der Waals surface area contributed by atoms with Crippen LogP contribution in [0.4, 0.5) is 13.9 Å². The van der Waals surface area contributed by atoms with Gasteiger partial charge in [0, 0.05) is 28.8 Å². The van der Waals surface area contributed by atoms with E-state index in [1.165, 1.54) is 23.5 Å². The van der Waals surface area contributed by atoms with Gasteiger partial charge in [-0.15, -0.1) is 11.3 Å². The first-order chi connectivity index (χ1) is 13.8. The highest BCUT2D eigenvalue weighted by molar-refractivity contribution is 7.13. The van der Waals surface area contributed by atoms with Crippen LogP contribution in [0, 0.1) is 6.92 Å². The molecule has 1 amide bonds. The molecule has 29 heavy (non-hydrogen) atoms.